The van der Waals surface area contributed by atoms with E-state index in [9.17, 15) is 25.2 Å². The Kier molecular flexibility index (Phi) is 8.95. The molecule has 4 unspecified atom stereocenters. The summed E-state index contributed by atoms with van der Waals surface area (Å²) in [4.78, 5) is 13.9. The quantitative estimate of drug-likeness (QED) is 0.347. The van der Waals surface area contributed by atoms with E-state index in [0.29, 0.717) is 35.9 Å². The monoisotopic (exact) mass is 562 g/mol. The molecule has 1 saturated heterocycles. The van der Waals surface area contributed by atoms with Crippen LogP contribution in [0, 0.1) is 46.3 Å². The van der Waals surface area contributed by atoms with Gasteiger partial charge < -0.3 is 29.9 Å². The van der Waals surface area contributed by atoms with E-state index >= 15 is 0 Å². The Balaban J connectivity index is 1.28. The lowest BCUT2D eigenvalue weighted by atomic mass is 9.46. The maximum absolute atomic E-state index is 13.9. The van der Waals surface area contributed by atoms with E-state index in [1.807, 2.05) is 6.08 Å². The molecule has 13 atom stereocenters. The predicted octanol–water partition coefficient (Wildman–Crippen LogP) is 4.39. The second kappa shape index (κ2) is 11.7. The van der Waals surface area contributed by atoms with E-state index < -0.39 is 37.3 Å². The number of ketones is 1. The molecule has 7 nitrogen and oxygen atoms in total. The van der Waals surface area contributed by atoms with Gasteiger partial charge in [0.25, 0.3) is 0 Å². The van der Waals surface area contributed by atoms with Crippen LogP contribution in [0.2, 0.25) is 0 Å². The van der Waals surface area contributed by atoms with Crippen LogP contribution < -0.4 is 0 Å². The molecule has 4 aliphatic carbocycles. The number of allylic oxidation sites excluding steroid dienone is 1. The molecule has 4 fully saturated rings. The van der Waals surface area contributed by atoms with Crippen molar-refractivity contribution in [2.75, 3.05) is 6.61 Å². The van der Waals surface area contributed by atoms with Crippen LogP contribution >= 0.6 is 0 Å². The van der Waals surface area contributed by atoms with Gasteiger partial charge >= 0.3 is 0 Å². The molecule has 40 heavy (non-hydrogen) atoms. The zero-order chi connectivity index (χ0) is 29.0. The number of hydrogen-bond donors (Lipinski definition) is 4. The van der Waals surface area contributed by atoms with Gasteiger partial charge in [-0.25, -0.2) is 0 Å². The molecule has 1 aliphatic heterocycles. The van der Waals surface area contributed by atoms with Gasteiger partial charge in [0.1, 0.15) is 24.4 Å². The van der Waals surface area contributed by atoms with Crippen molar-refractivity contribution in [3.05, 3.63) is 11.6 Å². The lowest BCUT2D eigenvalue weighted by Gasteiger charge is -2.58. The zero-order valence-corrected chi connectivity index (χ0v) is 25.3. The summed E-state index contributed by atoms with van der Waals surface area (Å²) in [5.41, 5.74) is 1.37. The van der Waals surface area contributed by atoms with Crippen LogP contribution in [0.3, 0.4) is 0 Å². The highest BCUT2D eigenvalue weighted by atomic mass is 16.7. The average Bonchev–Trinajstić information content (AvgIpc) is 3.26. The molecule has 0 radical (unpaired) electrons. The Bertz CT molecular complexity index is 947. The highest BCUT2D eigenvalue weighted by Gasteiger charge is 2.61. The van der Waals surface area contributed by atoms with Gasteiger partial charge in [-0.1, -0.05) is 59.5 Å². The highest BCUT2D eigenvalue weighted by molar-refractivity contribution is 5.94. The molecule has 7 heteroatoms. The smallest absolute Gasteiger partial charge is 0.186 e. The molecule has 0 bridgehead atoms. The number of carbonyl (C=O) groups is 1. The molecule has 1 heterocycles. The van der Waals surface area contributed by atoms with Gasteiger partial charge in [0, 0.05) is 5.92 Å². The molecular formula is C33H54O7. The van der Waals surface area contributed by atoms with Gasteiger partial charge in [-0.05, 0) is 91.4 Å². The van der Waals surface area contributed by atoms with Crippen molar-refractivity contribution in [2.45, 2.75) is 136 Å². The molecule has 4 N–H and O–H groups in total. The van der Waals surface area contributed by atoms with Crippen LogP contribution in [-0.4, -0.2) is 69.6 Å². The van der Waals surface area contributed by atoms with Crippen LogP contribution in [-0.2, 0) is 14.3 Å². The van der Waals surface area contributed by atoms with Gasteiger partial charge in [-0.15, -0.1) is 0 Å². The predicted molar refractivity (Wildman–Crippen MR) is 152 cm³/mol. The molecule has 0 spiro atoms. The Hall–Kier alpha value is -0.830. The first kappa shape index (κ1) is 30.6. The van der Waals surface area contributed by atoms with E-state index in [0.717, 1.165) is 30.8 Å². The third-order valence-corrected chi connectivity index (χ3v) is 12.3. The maximum atomic E-state index is 13.9. The normalized spacial score (nSPS) is 47.9. The third kappa shape index (κ3) is 5.26. The van der Waals surface area contributed by atoms with Crippen LogP contribution in [0.15, 0.2) is 11.6 Å². The van der Waals surface area contributed by atoms with Gasteiger partial charge in [0.2, 0.25) is 0 Å². The number of hydrogen-bond acceptors (Lipinski definition) is 7. The fourth-order valence-corrected chi connectivity index (χ4v) is 9.88. The average molecular weight is 563 g/mol. The van der Waals surface area contributed by atoms with Crippen molar-refractivity contribution < 1.29 is 34.7 Å². The van der Waals surface area contributed by atoms with Crippen molar-refractivity contribution in [1.82, 2.24) is 0 Å². The standard InChI is InChI=1S/C33H54O7/c1-18(2)7-6-8-19(3)22-9-10-23-27-24(12-14-33(22,23)5)32(4)13-11-21(15-20(32)16-25(27)35)39-31-30(38)29(37)28(36)26(17-34)40-31/h16,18-19,21-24,26-31,34,36-38H,6-15,17H2,1-5H3/t19-,21?,22-,23?,24?,26-,27?,28+,29+,30-,31+,32+,33-/m1/s1. The molecular weight excluding hydrogens is 508 g/mol. The number of fused-ring (bicyclic) bond motifs is 5. The lowest BCUT2D eigenvalue weighted by Crippen LogP contribution is -2.60. The van der Waals surface area contributed by atoms with Crippen LogP contribution in [0.25, 0.3) is 0 Å². The van der Waals surface area contributed by atoms with Gasteiger partial charge in [-0.3, -0.25) is 4.79 Å². The van der Waals surface area contributed by atoms with E-state index in [4.69, 9.17) is 9.47 Å². The topological polar surface area (TPSA) is 116 Å². The summed E-state index contributed by atoms with van der Waals surface area (Å²) < 4.78 is 11.7. The van der Waals surface area contributed by atoms with E-state index in [-0.39, 0.29) is 22.9 Å². The fourth-order valence-electron chi connectivity index (χ4n) is 9.88. The first-order valence-corrected chi connectivity index (χ1v) is 16.1. The third-order valence-electron chi connectivity index (χ3n) is 12.3. The Labute approximate surface area is 240 Å². The minimum atomic E-state index is -1.45. The van der Waals surface area contributed by atoms with Gasteiger partial charge in [-0.2, -0.15) is 0 Å². The molecule has 0 aromatic heterocycles. The first-order chi connectivity index (χ1) is 18.9. The first-order valence-electron chi connectivity index (χ1n) is 16.1. The number of aliphatic hydroxyl groups excluding tert-OH is 4. The van der Waals surface area contributed by atoms with Crippen LogP contribution in [0.5, 0.6) is 0 Å². The maximum Gasteiger partial charge on any atom is 0.186 e. The molecule has 5 aliphatic rings. The van der Waals surface area contributed by atoms with Crippen molar-refractivity contribution in [2.24, 2.45) is 46.3 Å². The summed E-state index contributed by atoms with van der Waals surface area (Å²) in [6.45, 7) is 11.5. The lowest BCUT2D eigenvalue weighted by molar-refractivity contribution is -0.313. The van der Waals surface area contributed by atoms with Gasteiger partial charge in [0.15, 0.2) is 12.1 Å². The SMILES string of the molecule is CC(C)CCC[C@@H](C)[C@H]1CCC2C3C(=O)C=C4CC(O[C@H]5O[C@H](CO)[C@H](O)[C@H](O)[C@H]5O)CC[C@]4(C)C3CC[C@@]21C. The zero-order valence-electron chi connectivity index (χ0n) is 25.3. The van der Waals surface area contributed by atoms with E-state index in [1.165, 1.54) is 38.5 Å². The summed E-state index contributed by atoms with van der Waals surface area (Å²) in [6.07, 6.45) is 6.21. The van der Waals surface area contributed by atoms with Crippen LogP contribution in [0.4, 0.5) is 0 Å². The Morgan fingerprint density at radius 3 is 2.42 bits per heavy atom. The molecule has 0 aromatic rings. The Morgan fingerprint density at radius 2 is 1.73 bits per heavy atom. The number of rotatable bonds is 8. The minimum Gasteiger partial charge on any atom is -0.394 e. The molecule has 5 rings (SSSR count). The molecule has 3 saturated carbocycles. The number of carbonyl (C=O) groups excluding carboxylic acids is 1. The highest BCUT2D eigenvalue weighted by Crippen LogP contribution is 2.66. The summed E-state index contributed by atoms with van der Waals surface area (Å²) >= 11 is 0. The Morgan fingerprint density at radius 1 is 0.975 bits per heavy atom. The van der Waals surface area contributed by atoms with Crippen molar-refractivity contribution in [3.63, 3.8) is 0 Å². The van der Waals surface area contributed by atoms with E-state index in [1.54, 1.807) is 0 Å². The summed E-state index contributed by atoms with van der Waals surface area (Å²) in [6, 6.07) is 0. The van der Waals surface area contributed by atoms with E-state index in [2.05, 4.69) is 34.6 Å². The minimum absolute atomic E-state index is 0.0316. The molecule has 0 aromatic carbocycles. The van der Waals surface area contributed by atoms with Gasteiger partial charge in [0.05, 0.1) is 12.7 Å². The van der Waals surface area contributed by atoms with Crippen molar-refractivity contribution in [1.29, 1.82) is 0 Å². The molecule has 228 valence electrons. The van der Waals surface area contributed by atoms with Crippen LogP contribution in [0.1, 0.15) is 98.8 Å². The number of ether oxygens (including phenoxy) is 2. The summed E-state index contributed by atoms with van der Waals surface area (Å²) in [5, 5.41) is 40.3. The molecule has 0 amide bonds. The second-order valence-corrected chi connectivity index (χ2v) is 15.0. The fraction of sp³-hybridized carbons (Fsp3) is 0.909. The summed E-state index contributed by atoms with van der Waals surface area (Å²) in [5.74, 6) is 3.42. The second-order valence-electron chi connectivity index (χ2n) is 15.0. The summed E-state index contributed by atoms with van der Waals surface area (Å²) in [7, 11) is 0. The number of aliphatic hydroxyl groups is 4. The van der Waals surface area contributed by atoms with Crippen molar-refractivity contribution in [3.8, 4) is 0 Å². The largest absolute Gasteiger partial charge is 0.394 e. The van der Waals surface area contributed by atoms with Crippen molar-refractivity contribution >= 4 is 5.78 Å².